The van der Waals surface area contributed by atoms with Crippen LogP contribution in [0.5, 0.6) is 5.75 Å². The fraction of sp³-hybridized carbons (Fsp3) is 0.385. The first kappa shape index (κ1) is 14.1. The molecule has 19 heavy (non-hydrogen) atoms. The average Bonchev–Trinajstić information content (AvgIpc) is 2.54. The maximum atomic E-state index is 12.4. The van der Waals surface area contributed by atoms with E-state index >= 15 is 0 Å². The summed E-state index contributed by atoms with van der Waals surface area (Å²) in [6.07, 6.45) is 0.749. The van der Waals surface area contributed by atoms with Crippen molar-refractivity contribution in [3.8, 4) is 5.75 Å². The molecule has 1 aliphatic rings. The Morgan fingerprint density at radius 2 is 2.11 bits per heavy atom. The zero-order valence-corrected chi connectivity index (χ0v) is 12.8. The monoisotopic (exact) mass is 374 g/mol. The Hall–Kier alpha value is -1.31. The molecule has 6 heteroatoms. The van der Waals surface area contributed by atoms with Crippen LogP contribution in [0.1, 0.15) is 16.8 Å². The predicted molar refractivity (Wildman–Crippen MR) is 79.0 cm³/mol. The molecule has 0 aliphatic carbocycles. The number of amides is 2. The summed E-state index contributed by atoms with van der Waals surface area (Å²) in [6, 6.07) is 4.87. The molecule has 2 rings (SSSR count). The van der Waals surface area contributed by atoms with Gasteiger partial charge in [-0.3, -0.25) is 9.59 Å². The van der Waals surface area contributed by atoms with Crippen molar-refractivity contribution in [2.24, 2.45) is 0 Å². The molecule has 1 heterocycles. The van der Waals surface area contributed by atoms with Crippen LogP contribution in [0.4, 0.5) is 0 Å². The number of carbonyl (C=O) groups is 2. The Kier molecular flexibility index (Phi) is 4.28. The van der Waals surface area contributed by atoms with Gasteiger partial charge in [-0.25, -0.2) is 0 Å². The highest BCUT2D eigenvalue weighted by atomic mass is 127. The van der Waals surface area contributed by atoms with Gasteiger partial charge in [0.25, 0.3) is 5.91 Å². The SMILES string of the molecule is CN1CCCN(C(=O)c2cc(I)ccc2O)CC1=O. The first-order valence-electron chi connectivity index (χ1n) is 6.01. The normalized spacial score (nSPS) is 16.4. The summed E-state index contributed by atoms with van der Waals surface area (Å²) in [5, 5.41) is 9.78. The van der Waals surface area contributed by atoms with E-state index in [1.54, 1.807) is 24.1 Å². The largest absolute Gasteiger partial charge is 0.507 e. The first-order valence-corrected chi connectivity index (χ1v) is 7.08. The second-order valence-corrected chi connectivity index (χ2v) is 5.80. The highest BCUT2D eigenvalue weighted by molar-refractivity contribution is 14.1. The number of rotatable bonds is 1. The summed E-state index contributed by atoms with van der Waals surface area (Å²) >= 11 is 2.08. The van der Waals surface area contributed by atoms with E-state index in [1.807, 2.05) is 0 Å². The molecule has 0 aromatic heterocycles. The lowest BCUT2D eigenvalue weighted by Crippen LogP contribution is -2.38. The third kappa shape index (κ3) is 3.17. The van der Waals surface area contributed by atoms with Crippen LogP contribution >= 0.6 is 22.6 Å². The predicted octanol–water partition coefficient (Wildman–Crippen LogP) is 1.30. The Morgan fingerprint density at radius 1 is 1.37 bits per heavy atom. The van der Waals surface area contributed by atoms with E-state index in [4.69, 9.17) is 0 Å². The highest BCUT2D eigenvalue weighted by Crippen LogP contribution is 2.22. The minimum atomic E-state index is -0.292. The third-order valence-electron chi connectivity index (χ3n) is 3.15. The molecular formula is C13H15IN2O3. The van der Waals surface area contributed by atoms with Gasteiger partial charge in [0.1, 0.15) is 12.3 Å². The number of aromatic hydroxyl groups is 1. The number of likely N-dealkylation sites (N-methyl/N-ethyl adjacent to an activating group) is 1. The number of phenolic OH excluding ortho intramolecular Hbond substituents is 1. The van der Waals surface area contributed by atoms with Gasteiger partial charge >= 0.3 is 0 Å². The van der Waals surface area contributed by atoms with E-state index in [0.717, 1.165) is 9.99 Å². The van der Waals surface area contributed by atoms with Gasteiger partial charge in [-0.2, -0.15) is 0 Å². The number of halogens is 1. The quantitative estimate of drug-likeness (QED) is 0.754. The van der Waals surface area contributed by atoms with E-state index in [1.165, 1.54) is 11.0 Å². The Labute approximate surface area is 125 Å². The van der Waals surface area contributed by atoms with E-state index in [0.29, 0.717) is 13.1 Å². The molecule has 1 saturated heterocycles. The number of nitrogens with zero attached hydrogens (tertiary/aromatic N) is 2. The molecule has 1 aliphatic heterocycles. The molecule has 5 nitrogen and oxygen atoms in total. The summed E-state index contributed by atoms with van der Waals surface area (Å²) in [6.45, 7) is 1.25. The summed E-state index contributed by atoms with van der Waals surface area (Å²) in [5.41, 5.74) is 0.254. The van der Waals surface area contributed by atoms with Gasteiger partial charge in [-0.1, -0.05) is 0 Å². The van der Waals surface area contributed by atoms with Crippen LogP contribution in [-0.4, -0.2) is 53.4 Å². The molecule has 0 bridgehead atoms. The molecule has 1 aromatic carbocycles. The van der Waals surface area contributed by atoms with E-state index in [9.17, 15) is 14.7 Å². The van der Waals surface area contributed by atoms with Crippen LogP contribution in [0.15, 0.2) is 18.2 Å². The third-order valence-corrected chi connectivity index (χ3v) is 3.82. The van der Waals surface area contributed by atoms with Gasteiger partial charge < -0.3 is 14.9 Å². The van der Waals surface area contributed by atoms with E-state index in [2.05, 4.69) is 22.6 Å². The Bertz CT molecular complexity index is 519. The van der Waals surface area contributed by atoms with Crippen LogP contribution in [0.3, 0.4) is 0 Å². The van der Waals surface area contributed by atoms with Crippen molar-refractivity contribution in [3.63, 3.8) is 0 Å². The van der Waals surface area contributed by atoms with Crippen molar-refractivity contribution >= 4 is 34.4 Å². The van der Waals surface area contributed by atoms with Crippen LogP contribution in [0, 0.1) is 3.57 Å². The summed E-state index contributed by atoms with van der Waals surface area (Å²) < 4.78 is 0.872. The Balaban J connectivity index is 2.23. The van der Waals surface area contributed by atoms with Crippen molar-refractivity contribution in [2.45, 2.75) is 6.42 Å². The first-order chi connectivity index (χ1) is 8.99. The Morgan fingerprint density at radius 3 is 2.84 bits per heavy atom. The number of carbonyl (C=O) groups excluding carboxylic acids is 2. The zero-order chi connectivity index (χ0) is 14.0. The van der Waals surface area contributed by atoms with E-state index in [-0.39, 0.29) is 29.7 Å². The molecule has 0 unspecified atom stereocenters. The van der Waals surface area contributed by atoms with Gasteiger partial charge in [0.05, 0.1) is 5.56 Å². The number of hydrogen-bond acceptors (Lipinski definition) is 3. The van der Waals surface area contributed by atoms with Gasteiger partial charge in [0.2, 0.25) is 5.91 Å². The molecule has 0 saturated carbocycles. The second-order valence-electron chi connectivity index (χ2n) is 4.56. The average molecular weight is 374 g/mol. The lowest BCUT2D eigenvalue weighted by atomic mass is 10.1. The number of benzene rings is 1. The minimum Gasteiger partial charge on any atom is -0.507 e. The van der Waals surface area contributed by atoms with Crippen molar-refractivity contribution in [2.75, 3.05) is 26.7 Å². The smallest absolute Gasteiger partial charge is 0.258 e. The molecule has 102 valence electrons. The minimum absolute atomic E-state index is 0.0459. The summed E-state index contributed by atoms with van der Waals surface area (Å²) in [4.78, 5) is 27.3. The van der Waals surface area contributed by atoms with Gasteiger partial charge in [0.15, 0.2) is 0 Å². The second kappa shape index (κ2) is 5.77. The maximum absolute atomic E-state index is 12.4. The summed E-state index contributed by atoms with van der Waals surface area (Å²) in [7, 11) is 1.74. The van der Waals surface area contributed by atoms with Crippen LogP contribution in [0.25, 0.3) is 0 Å². The lowest BCUT2D eigenvalue weighted by molar-refractivity contribution is -0.129. The molecule has 2 amide bonds. The van der Waals surface area contributed by atoms with Crippen LogP contribution in [0.2, 0.25) is 0 Å². The van der Waals surface area contributed by atoms with Gasteiger partial charge in [-0.05, 0) is 47.2 Å². The molecule has 0 atom stereocenters. The molecule has 1 N–H and O–H groups in total. The van der Waals surface area contributed by atoms with Crippen molar-refractivity contribution in [1.82, 2.24) is 9.80 Å². The molecule has 0 spiro atoms. The maximum Gasteiger partial charge on any atom is 0.258 e. The fourth-order valence-corrected chi connectivity index (χ4v) is 2.50. The van der Waals surface area contributed by atoms with Crippen molar-refractivity contribution in [3.05, 3.63) is 27.3 Å². The molecule has 1 fully saturated rings. The summed E-state index contributed by atoms with van der Waals surface area (Å²) in [5.74, 6) is -0.411. The zero-order valence-electron chi connectivity index (χ0n) is 10.6. The molecule has 0 radical (unpaired) electrons. The van der Waals surface area contributed by atoms with Crippen molar-refractivity contribution in [1.29, 1.82) is 0 Å². The topological polar surface area (TPSA) is 60.9 Å². The standard InChI is InChI=1S/C13H15IN2O3/c1-15-5-2-6-16(8-12(15)18)13(19)10-7-9(14)3-4-11(10)17/h3-4,7,17H,2,5-6,8H2,1H3. The van der Waals surface area contributed by atoms with Gasteiger partial charge in [0, 0.05) is 23.7 Å². The van der Waals surface area contributed by atoms with E-state index < -0.39 is 0 Å². The van der Waals surface area contributed by atoms with Crippen LogP contribution < -0.4 is 0 Å². The highest BCUT2D eigenvalue weighted by Gasteiger charge is 2.25. The number of phenols is 1. The van der Waals surface area contributed by atoms with Crippen molar-refractivity contribution < 1.29 is 14.7 Å². The number of hydrogen-bond donors (Lipinski definition) is 1. The molecule has 1 aromatic rings. The lowest BCUT2D eigenvalue weighted by Gasteiger charge is -2.20. The fourth-order valence-electron chi connectivity index (χ4n) is 2.01. The molecular weight excluding hydrogens is 359 g/mol. The van der Waals surface area contributed by atoms with Crippen LogP contribution in [-0.2, 0) is 4.79 Å². The van der Waals surface area contributed by atoms with Gasteiger partial charge in [-0.15, -0.1) is 0 Å².